The molecule has 2 saturated carbocycles. The van der Waals surface area contributed by atoms with E-state index in [1.165, 1.54) is 75.3 Å². The van der Waals surface area contributed by atoms with Gasteiger partial charge in [0.05, 0.1) is 12.1 Å². The maximum absolute atomic E-state index is 4.44. The third-order valence-corrected chi connectivity index (χ3v) is 6.46. The van der Waals surface area contributed by atoms with E-state index in [4.69, 9.17) is 0 Å². The Hall–Kier alpha value is -1.78. The molecule has 0 saturated heterocycles. The molecule has 0 aromatic carbocycles. The van der Waals surface area contributed by atoms with E-state index < -0.39 is 0 Å². The minimum atomic E-state index is 0.211. The molecular weight excluding hydrogens is 344 g/mol. The van der Waals surface area contributed by atoms with Gasteiger partial charge < -0.3 is 10.6 Å². The maximum atomic E-state index is 4.44. The molecule has 2 atom stereocenters. The lowest BCUT2D eigenvalue weighted by molar-refractivity contribution is 0.260. The molecule has 2 aliphatic rings. The highest BCUT2D eigenvalue weighted by Crippen LogP contribution is 2.33. The fourth-order valence-electron chi connectivity index (χ4n) is 4.94. The molecule has 0 radical (unpaired) electrons. The standard InChI is InChI=1S/C24H34N4/c1-3-11-21(12-4-1)27-23(19-9-7-15-25-17-19)24(20-10-8-16-26-18-20)28-22-13-5-2-6-14-22/h7-10,15-18,21-24,27-28H,1-6,11-14H2/t23-,24-/m0/s1. The molecule has 2 aromatic heterocycles. The van der Waals surface area contributed by atoms with Crippen LogP contribution >= 0.6 is 0 Å². The van der Waals surface area contributed by atoms with Gasteiger partial charge in [0.2, 0.25) is 0 Å². The Morgan fingerprint density at radius 1 is 0.643 bits per heavy atom. The molecule has 2 fully saturated rings. The van der Waals surface area contributed by atoms with E-state index in [0.29, 0.717) is 12.1 Å². The minimum absolute atomic E-state index is 0.211. The summed E-state index contributed by atoms with van der Waals surface area (Å²) in [5, 5.41) is 8.06. The SMILES string of the molecule is c1cncc([C@H](NC2CCCCC2)[C@@H](NC2CCCCC2)c2cccnc2)c1. The number of aromatic nitrogens is 2. The molecule has 4 heteroatoms. The molecular formula is C24H34N4. The van der Waals surface area contributed by atoms with Crippen LogP contribution in [0.2, 0.25) is 0 Å². The van der Waals surface area contributed by atoms with Gasteiger partial charge in [0.25, 0.3) is 0 Å². The van der Waals surface area contributed by atoms with Crippen LogP contribution in [0.5, 0.6) is 0 Å². The minimum Gasteiger partial charge on any atom is -0.305 e. The summed E-state index contributed by atoms with van der Waals surface area (Å²) < 4.78 is 0. The van der Waals surface area contributed by atoms with Crippen LogP contribution in [-0.2, 0) is 0 Å². The Morgan fingerprint density at radius 3 is 1.43 bits per heavy atom. The van der Waals surface area contributed by atoms with Crippen molar-refractivity contribution in [1.82, 2.24) is 20.6 Å². The van der Waals surface area contributed by atoms with Crippen molar-refractivity contribution in [2.45, 2.75) is 88.4 Å². The third-order valence-electron chi connectivity index (χ3n) is 6.46. The van der Waals surface area contributed by atoms with Crippen molar-refractivity contribution in [2.24, 2.45) is 0 Å². The first kappa shape index (κ1) is 19.5. The van der Waals surface area contributed by atoms with Gasteiger partial charge in [-0.1, -0.05) is 50.7 Å². The van der Waals surface area contributed by atoms with Crippen molar-refractivity contribution in [3.63, 3.8) is 0 Å². The van der Waals surface area contributed by atoms with Gasteiger partial charge in [0.15, 0.2) is 0 Å². The van der Waals surface area contributed by atoms with Gasteiger partial charge in [0, 0.05) is 36.9 Å². The third kappa shape index (κ3) is 5.18. The highest BCUT2D eigenvalue weighted by atomic mass is 15.1. The summed E-state index contributed by atoms with van der Waals surface area (Å²) in [7, 11) is 0. The Labute approximate surface area is 169 Å². The summed E-state index contributed by atoms with van der Waals surface area (Å²) in [6.07, 6.45) is 21.0. The van der Waals surface area contributed by atoms with E-state index in [1.54, 1.807) is 0 Å². The molecule has 0 spiro atoms. The lowest BCUT2D eigenvalue weighted by Gasteiger charge is -2.37. The predicted molar refractivity (Wildman–Crippen MR) is 114 cm³/mol. The number of rotatable bonds is 7. The normalized spacial score (nSPS) is 21.3. The van der Waals surface area contributed by atoms with Crippen LogP contribution < -0.4 is 10.6 Å². The van der Waals surface area contributed by atoms with Crippen molar-refractivity contribution >= 4 is 0 Å². The van der Waals surface area contributed by atoms with Crippen molar-refractivity contribution in [2.75, 3.05) is 0 Å². The van der Waals surface area contributed by atoms with Crippen molar-refractivity contribution < 1.29 is 0 Å². The summed E-state index contributed by atoms with van der Waals surface area (Å²) in [5.41, 5.74) is 2.54. The van der Waals surface area contributed by atoms with Crippen molar-refractivity contribution in [3.8, 4) is 0 Å². The Morgan fingerprint density at radius 2 is 1.07 bits per heavy atom. The van der Waals surface area contributed by atoms with Crippen LogP contribution in [0.3, 0.4) is 0 Å². The summed E-state index contributed by atoms with van der Waals surface area (Å²) in [6.45, 7) is 0. The molecule has 0 unspecified atom stereocenters. The maximum Gasteiger partial charge on any atom is 0.0536 e. The number of nitrogens with zero attached hydrogens (tertiary/aromatic N) is 2. The highest BCUT2D eigenvalue weighted by molar-refractivity contribution is 5.24. The average Bonchev–Trinajstić information content (AvgIpc) is 2.79. The Balaban J connectivity index is 1.62. The lowest BCUT2D eigenvalue weighted by Crippen LogP contribution is -2.44. The second-order valence-corrected chi connectivity index (χ2v) is 8.53. The van der Waals surface area contributed by atoms with Crippen LogP contribution in [0.25, 0.3) is 0 Å². The zero-order valence-electron chi connectivity index (χ0n) is 16.9. The smallest absolute Gasteiger partial charge is 0.0536 e. The molecule has 2 heterocycles. The zero-order valence-corrected chi connectivity index (χ0v) is 16.9. The fourth-order valence-corrected chi connectivity index (χ4v) is 4.94. The quantitative estimate of drug-likeness (QED) is 0.703. The lowest BCUT2D eigenvalue weighted by atomic mass is 9.88. The zero-order chi connectivity index (χ0) is 19.0. The number of hydrogen-bond donors (Lipinski definition) is 2. The molecule has 2 N–H and O–H groups in total. The molecule has 0 bridgehead atoms. The Bertz CT molecular complexity index is 617. The number of pyridine rings is 2. The van der Waals surface area contributed by atoms with Crippen molar-refractivity contribution in [1.29, 1.82) is 0 Å². The molecule has 4 nitrogen and oxygen atoms in total. The predicted octanol–water partition coefficient (Wildman–Crippen LogP) is 5.10. The summed E-state index contributed by atoms with van der Waals surface area (Å²) in [4.78, 5) is 8.88. The van der Waals surface area contributed by atoms with Gasteiger partial charge in [-0.05, 0) is 48.9 Å². The first-order valence-electron chi connectivity index (χ1n) is 11.2. The second kappa shape index (κ2) is 10.1. The number of nitrogens with one attached hydrogen (secondary N) is 2. The van der Waals surface area contributed by atoms with Crippen molar-refractivity contribution in [3.05, 3.63) is 60.2 Å². The highest BCUT2D eigenvalue weighted by Gasteiger charge is 2.30. The van der Waals surface area contributed by atoms with Gasteiger partial charge in [-0.15, -0.1) is 0 Å². The first-order chi connectivity index (χ1) is 13.9. The first-order valence-corrected chi connectivity index (χ1v) is 11.2. The molecule has 28 heavy (non-hydrogen) atoms. The average molecular weight is 379 g/mol. The summed E-state index contributed by atoms with van der Waals surface area (Å²) >= 11 is 0. The fraction of sp³-hybridized carbons (Fsp3) is 0.583. The largest absolute Gasteiger partial charge is 0.305 e. The molecule has 150 valence electrons. The monoisotopic (exact) mass is 378 g/mol. The van der Waals surface area contributed by atoms with Crippen LogP contribution in [0.15, 0.2) is 49.1 Å². The van der Waals surface area contributed by atoms with E-state index >= 15 is 0 Å². The Kier molecular flexibility index (Phi) is 7.07. The van der Waals surface area contributed by atoms with E-state index in [0.717, 1.165) is 0 Å². The molecule has 2 aromatic rings. The van der Waals surface area contributed by atoms with Gasteiger partial charge in [0.1, 0.15) is 0 Å². The summed E-state index contributed by atoms with van der Waals surface area (Å²) in [6, 6.07) is 10.2. The van der Waals surface area contributed by atoms with Gasteiger partial charge in [-0.25, -0.2) is 0 Å². The van der Waals surface area contributed by atoms with Gasteiger partial charge in [-0.2, -0.15) is 0 Å². The van der Waals surface area contributed by atoms with Crippen LogP contribution in [0.1, 0.15) is 87.4 Å². The van der Waals surface area contributed by atoms with E-state index in [-0.39, 0.29) is 12.1 Å². The van der Waals surface area contributed by atoms with Crippen LogP contribution in [0, 0.1) is 0 Å². The van der Waals surface area contributed by atoms with Crippen LogP contribution in [-0.4, -0.2) is 22.1 Å². The molecule has 2 aliphatic carbocycles. The second-order valence-electron chi connectivity index (χ2n) is 8.53. The summed E-state index contributed by atoms with van der Waals surface area (Å²) in [5.74, 6) is 0. The molecule has 0 aliphatic heterocycles. The van der Waals surface area contributed by atoms with E-state index in [1.807, 2.05) is 24.8 Å². The van der Waals surface area contributed by atoms with Crippen LogP contribution in [0.4, 0.5) is 0 Å². The molecule has 0 amide bonds. The number of hydrogen-bond acceptors (Lipinski definition) is 4. The molecule has 4 rings (SSSR count). The van der Waals surface area contributed by atoms with Gasteiger partial charge in [-0.3, -0.25) is 9.97 Å². The van der Waals surface area contributed by atoms with Gasteiger partial charge >= 0.3 is 0 Å². The topological polar surface area (TPSA) is 49.8 Å². The van der Waals surface area contributed by atoms with E-state index in [9.17, 15) is 0 Å². The van der Waals surface area contributed by atoms with E-state index in [2.05, 4.69) is 44.9 Å².